The van der Waals surface area contributed by atoms with E-state index >= 15 is 0 Å². The smallest absolute Gasteiger partial charge is 0.369 e. The van der Waals surface area contributed by atoms with Crippen LogP contribution in [0.2, 0.25) is 0 Å². The first kappa shape index (κ1) is 12.8. The largest absolute Gasteiger partial charge is 0.418 e. The molecule has 2 atom stereocenters. The summed E-state index contributed by atoms with van der Waals surface area (Å²) in [5.74, 6) is 0.482. The van der Waals surface area contributed by atoms with Gasteiger partial charge in [0.15, 0.2) is 0 Å². The molecule has 2 aliphatic rings. The maximum Gasteiger partial charge on any atom is 0.418 e. The molecular formula is C14H17F3N2. The van der Waals surface area contributed by atoms with Crippen molar-refractivity contribution in [1.29, 1.82) is 0 Å². The second kappa shape index (κ2) is 4.71. The summed E-state index contributed by atoms with van der Waals surface area (Å²) >= 11 is 0. The second-order valence-electron chi connectivity index (χ2n) is 5.38. The molecule has 1 N–H and O–H groups in total. The number of anilines is 1. The van der Waals surface area contributed by atoms with Crippen molar-refractivity contribution in [2.24, 2.45) is 5.92 Å². The van der Waals surface area contributed by atoms with Gasteiger partial charge in [-0.25, -0.2) is 0 Å². The molecule has 0 bridgehead atoms. The van der Waals surface area contributed by atoms with Crippen LogP contribution in [0.5, 0.6) is 0 Å². The molecule has 0 saturated carbocycles. The number of nitrogens with one attached hydrogen (secondary N) is 1. The monoisotopic (exact) mass is 270 g/mol. The number of fused-ring (bicyclic) bond motifs is 1. The molecule has 1 aromatic rings. The Balaban J connectivity index is 1.87. The quantitative estimate of drug-likeness (QED) is 0.844. The third-order valence-electron chi connectivity index (χ3n) is 4.15. The molecule has 0 spiro atoms. The van der Waals surface area contributed by atoms with Gasteiger partial charge in [0.05, 0.1) is 5.56 Å². The van der Waals surface area contributed by atoms with Gasteiger partial charge in [0.1, 0.15) is 0 Å². The predicted octanol–water partition coefficient (Wildman–Crippen LogP) is 2.89. The molecule has 2 saturated heterocycles. The molecule has 2 aliphatic heterocycles. The van der Waals surface area contributed by atoms with Crippen molar-refractivity contribution in [3.63, 3.8) is 0 Å². The average Bonchev–Trinajstić information content (AvgIpc) is 2.81. The van der Waals surface area contributed by atoms with Gasteiger partial charge in [-0.15, -0.1) is 0 Å². The number of piperidine rings is 1. The van der Waals surface area contributed by atoms with E-state index < -0.39 is 11.7 Å². The fourth-order valence-electron chi connectivity index (χ4n) is 3.23. The number of alkyl halides is 3. The standard InChI is InChI=1S/C14H17F3N2/c15-14(16,17)11-5-1-2-6-13(11)19-8-10-4-3-7-18-12(10)9-19/h1-2,5-6,10,12,18H,3-4,7-9H2/t10-,12+/m0/s1. The van der Waals surface area contributed by atoms with Crippen LogP contribution in [-0.2, 0) is 6.18 Å². The van der Waals surface area contributed by atoms with Crippen LogP contribution in [-0.4, -0.2) is 25.7 Å². The van der Waals surface area contributed by atoms with Crippen LogP contribution >= 0.6 is 0 Å². The molecule has 19 heavy (non-hydrogen) atoms. The first-order valence-electron chi connectivity index (χ1n) is 6.70. The van der Waals surface area contributed by atoms with E-state index in [-0.39, 0.29) is 0 Å². The summed E-state index contributed by atoms with van der Waals surface area (Å²) in [7, 11) is 0. The molecule has 5 heteroatoms. The molecule has 1 aromatic carbocycles. The summed E-state index contributed by atoms with van der Waals surface area (Å²) in [6.45, 7) is 2.39. The van der Waals surface area contributed by atoms with E-state index in [0.717, 1.165) is 25.9 Å². The third kappa shape index (κ3) is 2.43. The Morgan fingerprint density at radius 2 is 1.95 bits per heavy atom. The highest BCUT2D eigenvalue weighted by Crippen LogP contribution is 2.39. The van der Waals surface area contributed by atoms with Crippen molar-refractivity contribution < 1.29 is 13.2 Å². The summed E-state index contributed by atoms with van der Waals surface area (Å²) in [6.07, 6.45) is -2.05. The molecule has 0 aliphatic carbocycles. The number of para-hydroxylation sites is 1. The van der Waals surface area contributed by atoms with Gasteiger partial charge in [0, 0.05) is 24.8 Å². The Bertz CT molecular complexity index is 444. The average molecular weight is 270 g/mol. The molecule has 0 aromatic heterocycles. The van der Waals surface area contributed by atoms with Crippen molar-refractivity contribution >= 4 is 5.69 Å². The molecule has 2 fully saturated rings. The van der Waals surface area contributed by atoms with Gasteiger partial charge in [0.25, 0.3) is 0 Å². The van der Waals surface area contributed by atoms with Crippen LogP contribution in [0.25, 0.3) is 0 Å². The van der Waals surface area contributed by atoms with Crippen LogP contribution in [0, 0.1) is 5.92 Å². The highest BCUT2D eigenvalue weighted by molar-refractivity contribution is 5.56. The van der Waals surface area contributed by atoms with E-state index in [1.807, 2.05) is 4.90 Å². The van der Waals surface area contributed by atoms with Crippen molar-refractivity contribution in [3.8, 4) is 0 Å². The Morgan fingerprint density at radius 3 is 2.68 bits per heavy atom. The Labute approximate surface area is 110 Å². The molecule has 104 valence electrons. The second-order valence-corrected chi connectivity index (χ2v) is 5.38. The minimum atomic E-state index is -4.28. The zero-order valence-electron chi connectivity index (χ0n) is 10.6. The molecule has 2 nitrogen and oxygen atoms in total. The lowest BCUT2D eigenvalue weighted by atomic mass is 9.94. The van der Waals surface area contributed by atoms with Gasteiger partial charge >= 0.3 is 6.18 Å². The predicted molar refractivity (Wildman–Crippen MR) is 68.2 cm³/mol. The fourth-order valence-corrected chi connectivity index (χ4v) is 3.23. The lowest BCUT2D eigenvalue weighted by Crippen LogP contribution is -2.40. The van der Waals surface area contributed by atoms with E-state index in [1.165, 1.54) is 12.1 Å². The van der Waals surface area contributed by atoms with Gasteiger partial charge in [-0.05, 0) is 37.4 Å². The van der Waals surface area contributed by atoms with E-state index in [2.05, 4.69) is 5.32 Å². The molecule has 0 unspecified atom stereocenters. The molecule has 3 rings (SSSR count). The number of halogens is 3. The number of benzene rings is 1. The number of rotatable bonds is 1. The Morgan fingerprint density at radius 1 is 1.16 bits per heavy atom. The Kier molecular flexibility index (Phi) is 3.17. The van der Waals surface area contributed by atoms with E-state index in [9.17, 15) is 13.2 Å². The molecule has 0 amide bonds. The molecule has 2 heterocycles. The van der Waals surface area contributed by atoms with Gasteiger partial charge in [-0.2, -0.15) is 13.2 Å². The normalized spacial score (nSPS) is 27.4. The number of hydrogen-bond acceptors (Lipinski definition) is 2. The summed E-state index contributed by atoms with van der Waals surface area (Å²) in [5.41, 5.74) is -0.195. The summed E-state index contributed by atoms with van der Waals surface area (Å²) in [6, 6.07) is 6.23. The maximum absolute atomic E-state index is 13.0. The van der Waals surface area contributed by atoms with Crippen molar-refractivity contribution in [2.75, 3.05) is 24.5 Å². The van der Waals surface area contributed by atoms with Crippen LogP contribution in [0.15, 0.2) is 24.3 Å². The lowest BCUT2D eigenvalue weighted by molar-refractivity contribution is -0.137. The van der Waals surface area contributed by atoms with E-state index in [4.69, 9.17) is 0 Å². The van der Waals surface area contributed by atoms with Crippen molar-refractivity contribution in [2.45, 2.75) is 25.1 Å². The zero-order valence-corrected chi connectivity index (χ0v) is 10.6. The lowest BCUT2D eigenvalue weighted by Gasteiger charge is -2.24. The summed E-state index contributed by atoms with van der Waals surface area (Å²) in [4.78, 5) is 1.89. The maximum atomic E-state index is 13.0. The number of hydrogen-bond donors (Lipinski definition) is 1. The van der Waals surface area contributed by atoms with Gasteiger partial charge in [0.2, 0.25) is 0 Å². The molecular weight excluding hydrogens is 253 g/mol. The number of nitrogens with zero attached hydrogens (tertiary/aromatic N) is 1. The van der Waals surface area contributed by atoms with E-state index in [0.29, 0.717) is 24.2 Å². The highest BCUT2D eigenvalue weighted by atomic mass is 19.4. The van der Waals surface area contributed by atoms with Gasteiger partial charge in [-0.1, -0.05) is 12.1 Å². The van der Waals surface area contributed by atoms with Gasteiger partial charge < -0.3 is 10.2 Å². The van der Waals surface area contributed by atoms with Crippen LogP contribution < -0.4 is 10.2 Å². The highest BCUT2D eigenvalue weighted by Gasteiger charge is 2.39. The van der Waals surface area contributed by atoms with Crippen LogP contribution in [0.3, 0.4) is 0 Å². The minimum absolute atomic E-state index is 0.325. The van der Waals surface area contributed by atoms with Gasteiger partial charge in [-0.3, -0.25) is 0 Å². The van der Waals surface area contributed by atoms with Crippen molar-refractivity contribution in [1.82, 2.24) is 5.32 Å². The summed E-state index contributed by atoms with van der Waals surface area (Å²) in [5, 5.41) is 3.42. The zero-order chi connectivity index (χ0) is 13.5. The van der Waals surface area contributed by atoms with Crippen molar-refractivity contribution in [3.05, 3.63) is 29.8 Å². The fraction of sp³-hybridized carbons (Fsp3) is 0.571. The van der Waals surface area contributed by atoms with Crippen LogP contribution in [0.4, 0.5) is 18.9 Å². The third-order valence-corrected chi connectivity index (χ3v) is 4.15. The van der Waals surface area contributed by atoms with Crippen LogP contribution in [0.1, 0.15) is 18.4 Å². The van der Waals surface area contributed by atoms with E-state index in [1.54, 1.807) is 12.1 Å². The molecule has 0 radical (unpaired) electrons. The first-order chi connectivity index (χ1) is 9.05. The SMILES string of the molecule is FC(F)(F)c1ccccc1N1C[C@@H]2CCCN[C@@H]2C1. The first-order valence-corrected chi connectivity index (χ1v) is 6.70. The Hall–Kier alpha value is -1.23. The topological polar surface area (TPSA) is 15.3 Å². The summed E-state index contributed by atoms with van der Waals surface area (Å²) < 4.78 is 39.1. The minimum Gasteiger partial charge on any atom is -0.369 e.